The van der Waals surface area contributed by atoms with Crippen molar-refractivity contribution in [3.8, 4) is 5.75 Å². The van der Waals surface area contributed by atoms with Crippen molar-refractivity contribution in [3.63, 3.8) is 0 Å². The Bertz CT molecular complexity index is 967. The molecule has 2 heterocycles. The largest absolute Gasteiger partial charge is 0.496 e. The maximum absolute atomic E-state index is 12.8. The summed E-state index contributed by atoms with van der Waals surface area (Å²) < 4.78 is 5.34. The molecule has 7 nitrogen and oxygen atoms in total. The van der Waals surface area contributed by atoms with Crippen LogP contribution in [0.3, 0.4) is 0 Å². The Balaban J connectivity index is 1.36. The molecule has 0 bridgehead atoms. The van der Waals surface area contributed by atoms with E-state index in [1.807, 2.05) is 43.0 Å². The maximum Gasteiger partial charge on any atom is 0.323 e. The number of aryl methyl sites for hydroxylation is 2. The third-order valence-electron chi connectivity index (χ3n) is 6.29. The number of nitrogens with zero attached hydrogens (tertiary/aromatic N) is 2. The number of amides is 3. The minimum absolute atomic E-state index is 0.0350. The first kappa shape index (κ1) is 20.2. The molecule has 2 N–H and O–H groups in total. The molecule has 0 atom stereocenters. The van der Waals surface area contributed by atoms with E-state index in [1.54, 1.807) is 13.3 Å². The molecule has 3 amide bonds. The second kappa shape index (κ2) is 8.34. The number of methoxy groups -OCH3 is 1. The Labute approximate surface area is 176 Å². The lowest BCUT2D eigenvalue weighted by molar-refractivity contribution is -0.121. The van der Waals surface area contributed by atoms with Crippen molar-refractivity contribution < 1.29 is 14.3 Å². The molecule has 2 aliphatic rings. The minimum atomic E-state index is -0.0970. The number of hydrogen-bond acceptors (Lipinski definition) is 4. The Kier molecular flexibility index (Phi) is 5.61. The van der Waals surface area contributed by atoms with Crippen molar-refractivity contribution in [2.45, 2.75) is 52.1 Å². The molecule has 0 radical (unpaired) electrons. The normalized spacial score (nSPS) is 20.9. The molecule has 1 aromatic heterocycles. The van der Waals surface area contributed by atoms with E-state index in [-0.39, 0.29) is 23.9 Å². The topological polar surface area (TPSA) is 83.6 Å². The zero-order valence-corrected chi connectivity index (χ0v) is 17.7. The molecule has 1 aromatic carbocycles. The second-order valence-electron chi connectivity index (χ2n) is 8.19. The summed E-state index contributed by atoms with van der Waals surface area (Å²) in [5.41, 5.74) is 3.99. The van der Waals surface area contributed by atoms with Gasteiger partial charge in [0.2, 0.25) is 5.91 Å². The van der Waals surface area contributed by atoms with Crippen LogP contribution in [0.1, 0.15) is 42.4 Å². The van der Waals surface area contributed by atoms with E-state index >= 15 is 0 Å². The first-order valence-electron chi connectivity index (χ1n) is 10.4. The number of carbonyl (C=O) groups is 2. The fourth-order valence-corrected chi connectivity index (χ4v) is 4.40. The number of nitrogens with one attached hydrogen (secondary N) is 2. The van der Waals surface area contributed by atoms with E-state index in [9.17, 15) is 9.59 Å². The van der Waals surface area contributed by atoms with Gasteiger partial charge in [-0.1, -0.05) is 6.07 Å². The van der Waals surface area contributed by atoms with Crippen LogP contribution in [0, 0.1) is 19.8 Å². The van der Waals surface area contributed by atoms with Crippen LogP contribution >= 0.6 is 0 Å². The molecule has 4 rings (SSSR count). The van der Waals surface area contributed by atoms with Gasteiger partial charge in [0, 0.05) is 35.5 Å². The predicted octanol–water partition coefficient (Wildman–Crippen LogP) is 4.25. The van der Waals surface area contributed by atoms with Gasteiger partial charge < -0.3 is 15.0 Å². The molecule has 0 saturated heterocycles. The van der Waals surface area contributed by atoms with E-state index in [2.05, 4.69) is 15.6 Å². The first-order valence-corrected chi connectivity index (χ1v) is 10.4. The maximum atomic E-state index is 12.8. The number of pyridine rings is 1. The van der Waals surface area contributed by atoms with Gasteiger partial charge in [-0.3, -0.25) is 10.1 Å². The molecule has 2 aromatic rings. The van der Waals surface area contributed by atoms with Crippen molar-refractivity contribution >= 4 is 23.4 Å². The molecular formula is C23H28N4O3. The lowest BCUT2D eigenvalue weighted by Gasteiger charge is -2.39. The quantitative estimate of drug-likeness (QED) is 0.792. The standard InChI is InChI=1S/C23H28N4O3/c1-14-10-11-24-21-19(14)13-27(23(29)26-21)18-8-5-16(6-9-18)22(28)25-17-7-4-15(2)20(12-17)30-3/h4,7,10-12,16,18H,5-6,8-9,13H2,1-3H3,(H,25,28)(H,24,26,29). The summed E-state index contributed by atoms with van der Waals surface area (Å²) in [6.07, 6.45) is 4.89. The van der Waals surface area contributed by atoms with E-state index in [0.29, 0.717) is 12.4 Å². The van der Waals surface area contributed by atoms with Crippen LogP contribution in [-0.4, -0.2) is 35.0 Å². The Hall–Kier alpha value is -3.09. The zero-order valence-electron chi connectivity index (χ0n) is 17.7. The zero-order chi connectivity index (χ0) is 21.3. The van der Waals surface area contributed by atoms with E-state index in [1.165, 1.54) is 0 Å². The lowest BCUT2D eigenvalue weighted by atomic mass is 9.84. The van der Waals surface area contributed by atoms with Crippen molar-refractivity contribution in [3.05, 3.63) is 47.2 Å². The number of fused-ring (bicyclic) bond motifs is 1. The molecule has 1 aliphatic heterocycles. The summed E-state index contributed by atoms with van der Waals surface area (Å²) in [5.74, 6) is 1.42. The van der Waals surface area contributed by atoms with Crippen LogP contribution in [0.5, 0.6) is 5.75 Å². The molecular weight excluding hydrogens is 380 g/mol. The Morgan fingerprint density at radius 2 is 1.93 bits per heavy atom. The van der Waals surface area contributed by atoms with Crippen molar-refractivity contribution in [2.24, 2.45) is 5.92 Å². The highest BCUT2D eigenvalue weighted by atomic mass is 16.5. The van der Waals surface area contributed by atoms with Gasteiger partial charge in [0.25, 0.3) is 0 Å². The number of aromatic nitrogens is 1. The van der Waals surface area contributed by atoms with Crippen LogP contribution in [0.4, 0.5) is 16.3 Å². The van der Waals surface area contributed by atoms with Crippen LogP contribution in [0.2, 0.25) is 0 Å². The fraction of sp³-hybridized carbons (Fsp3) is 0.435. The third kappa shape index (κ3) is 3.97. The van der Waals surface area contributed by atoms with Gasteiger partial charge in [0.15, 0.2) is 0 Å². The van der Waals surface area contributed by atoms with Gasteiger partial charge >= 0.3 is 6.03 Å². The fourth-order valence-electron chi connectivity index (χ4n) is 4.40. The summed E-state index contributed by atoms with van der Waals surface area (Å²) in [4.78, 5) is 31.5. The smallest absolute Gasteiger partial charge is 0.323 e. The second-order valence-corrected chi connectivity index (χ2v) is 8.19. The summed E-state index contributed by atoms with van der Waals surface area (Å²) >= 11 is 0. The van der Waals surface area contributed by atoms with Crippen molar-refractivity contribution in [2.75, 3.05) is 17.7 Å². The van der Waals surface area contributed by atoms with Gasteiger partial charge in [-0.15, -0.1) is 0 Å². The highest BCUT2D eigenvalue weighted by Gasteiger charge is 2.34. The number of urea groups is 1. The molecule has 1 saturated carbocycles. The van der Waals surface area contributed by atoms with Crippen LogP contribution in [0.15, 0.2) is 30.5 Å². The predicted molar refractivity (Wildman–Crippen MR) is 116 cm³/mol. The summed E-state index contributed by atoms with van der Waals surface area (Å²) in [7, 11) is 1.63. The highest BCUT2D eigenvalue weighted by Crippen LogP contribution is 2.33. The monoisotopic (exact) mass is 408 g/mol. The summed E-state index contributed by atoms with van der Waals surface area (Å²) in [6, 6.07) is 7.70. The van der Waals surface area contributed by atoms with Gasteiger partial charge in [-0.2, -0.15) is 0 Å². The van der Waals surface area contributed by atoms with E-state index in [0.717, 1.165) is 53.8 Å². The average Bonchev–Trinajstić information content (AvgIpc) is 2.75. The average molecular weight is 409 g/mol. The van der Waals surface area contributed by atoms with Crippen molar-refractivity contribution in [1.82, 2.24) is 9.88 Å². The van der Waals surface area contributed by atoms with E-state index in [4.69, 9.17) is 4.74 Å². The molecule has 0 unspecified atom stereocenters. The third-order valence-corrected chi connectivity index (χ3v) is 6.29. The highest BCUT2D eigenvalue weighted by molar-refractivity contribution is 5.93. The summed E-state index contributed by atoms with van der Waals surface area (Å²) in [6.45, 7) is 4.58. The van der Waals surface area contributed by atoms with Gasteiger partial charge in [0.1, 0.15) is 11.6 Å². The van der Waals surface area contributed by atoms with E-state index < -0.39 is 0 Å². The molecule has 1 aliphatic carbocycles. The van der Waals surface area contributed by atoms with Crippen molar-refractivity contribution in [1.29, 1.82) is 0 Å². The molecule has 7 heteroatoms. The number of anilines is 2. The van der Waals surface area contributed by atoms with Crippen LogP contribution in [-0.2, 0) is 11.3 Å². The first-order chi connectivity index (χ1) is 14.5. The molecule has 0 spiro atoms. The minimum Gasteiger partial charge on any atom is -0.496 e. The summed E-state index contributed by atoms with van der Waals surface area (Å²) in [5, 5.41) is 5.93. The molecule has 30 heavy (non-hydrogen) atoms. The van der Waals surface area contributed by atoms with Gasteiger partial charge in [-0.25, -0.2) is 9.78 Å². The number of hydrogen-bond donors (Lipinski definition) is 2. The SMILES string of the molecule is COc1cc(NC(=O)C2CCC(N3Cc4c(C)ccnc4NC3=O)CC2)ccc1C. The number of benzene rings is 1. The number of rotatable bonds is 4. The van der Waals surface area contributed by atoms with Crippen LogP contribution < -0.4 is 15.4 Å². The Morgan fingerprint density at radius 3 is 2.67 bits per heavy atom. The Morgan fingerprint density at radius 1 is 1.17 bits per heavy atom. The molecule has 158 valence electrons. The van der Waals surface area contributed by atoms with Gasteiger partial charge in [0.05, 0.1) is 13.7 Å². The lowest BCUT2D eigenvalue weighted by Crippen LogP contribution is -2.47. The van der Waals surface area contributed by atoms with Gasteiger partial charge in [-0.05, 0) is 62.8 Å². The van der Waals surface area contributed by atoms with Crippen LogP contribution in [0.25, 0.3) is 0 Å². The number of carbonyl (C=O) groups excluding carboxylic acids is 2. The number of ether oxygens (including phenoxy) is 1. The molecule has 1 fully saturated rings.